The molecule has 0 amide bonds. The fourth-order valence-electron chi connectivity index (χ4n) is 1.10. The van der Waals surface area contributed by atoms with Gasteiger partial charge in [0.05, 0.1) is 0 Å². The van der Waals surface area contributed by atoms with Crippen LogP contribution in [0.2, 0.25) is 0 Å². The van der Waals surface area contributed by atoms with E-state index in [1.807, 2.05) is 9.71 Å². The molecule has 17 heavy (non-hydrogen) atoms. The van der Waals surface area contributed by atoms with Gasteiger partial charge in [0.15, 0.2) is 4.90 Å². The van der Waals surface area contributed by atoms with Crippen LogP contribution in [0.1, 0.15) is 0 Å². The molecule has 0 spiro atoms. The molecule has 0 fully saturated rings. The topological polar surface area (TPSA) is 141 Å². The van der Waals surface area contributed by atoms with E-state index in [-0.39, 0.29) is 5.95 Å². The second-order valence-corrected chi connectivity index (χ2v) is 4.63. The van der Waals surface area contributed by atoms with E-state index in [0.717, 1.165) is 6.20 Å². The number of anilines is 1. The third-order valence-electron chi connectivity index (χ3n) is 1.80. The van der Waals surface area contributed by atoms with Gasteiger partial charge >= 0.3 is 5.69 Å². The summed E-state index contributed by atoms with van der Waals surface area (Å²) in [6, 6.07) is 0. The maximum absolute atomic E-state index is 11.7. The highest BCUT2D eigenvalue weighted by atomic mass is 32.2. The van der Waals surface area contributed by atoms with Crippen molar-refractivity contribution in [2.45, 2.75) is 4.90 Å². The van der Waals surface area contributed by atoms with Crippen LogP contribution in [0.15, 0.2) is 33.1 Å². The number of hydrogen-bond donors (Lipinski definition) is 4. The summed E-state index contributed by atoms with van der Waals surface area (Å²) in [5, 5.41) is 0. The first-order valence-electron chi connectivity index (χ1n) is 4.33. The Kier molecular flexibility index (Phi) is 2.55. The average Bonchev–Trinajstić information content (AvgIpc) is 2.68. The van der Waals surface area contributed by atoms with E-state index in [4.69, 9.17) is 0 Å². The molecule has 90 valence electrons. The first-order chi connectivity index (χ1) is 7.99. The molecule has 0 aliphatic heterocycles. The number of rotatable bonds is 3. The Hall–Kier alpha value is -2.36. The van der Waals surface area contributed by atoms with Crippen molar-refractivity contribution in [1.29, 1.82) is 0 Å². The van der Waals surface area contributed by atoms with E-state index in [1.54, 1.807) is 0 Å². The highest BCUT2D eigenvalue weighted by Crippen LogP contribution is 2.06. The monoisotopic (exact) mass is 257 g/mol. The molecule has 9 nitrogen and oxygen atoms in total. The van der Waals surface area contributed by atoms with Crippen LogP contribution in [-0.2, 0) is 10.0 Å². The van der Waals surface area contributed by atoms with Gasteiger partial charge in [0.1, 0.15) is 0 Å². The number of nitrogens with one attached hydrogen (secondary N) is 4. The lowest BCUT2D eigenvalue weighted by atomic mass is 10.7. The summed E-state index contributed by atoms with van der Waals surface area (Å²) in [4.78, 5) is 31.5. The first-order valence-corrected chi connectivity index (χ1v) is 5.81. The number of imidazole rings is 1. The van der Waals surface area contributed by atoms with Crippen LogP contribution in [0.3, 0.4) is 0 Å². The second kappa shape index (κ2) is 3.90. The maximum Gasteiger partial charge on any atom is 0.325 e. The molecule has 2 aromatic rings. The Balaban J connectivity index is 2.45. The van der Waals surface area contributed by atoms with Gasteiger partial charge in [-0.25, -0.2) is 22.9 Å². The molecule has 0 aliphatic carbocycles. The van der Waals surface area contributed by atoms with E-state index in [9.17, 15) is 18.0 Å². The second-order valence-electron chi connectivity index (χ2n) is 2.98. The van der Waals surface area contributed by atoms with Crippen LogP contribution in [-0.4, -0.2) is 28.4 Å². The third-order valence-corrected chi connectivity index (χ3v) is 3.15. The van der Waals surface area contributed by atoms with Crippen LogP contribution in [0.4, 0.5) is 5.95 Å². The van der Waals surface area contributed by atoms with Crippen LogP contribution >= 0.6 is 0 Å². The number of sulfonamides is 1. The lowest BCUT2D eigenvalue weighted by Crippen LogP contribution is -2.29. The molecule has 2 rings (SSSR count). The molecule has 0 aromatic carbocycles. The van der Waals surface area contributed by atoms with Crippen molar-refractivity contribution < 1.29 is 8.42 Å². The van der Waals surface area contributed by atoms with Crippen molar-refractivity contribution in [1.82, 2.24) is 19.9 Å². The summed E-state index contributed by atoms with van der Waals surface area (Å²) in [7, 11) is -4.09. The molecule has 10 heteroatoms. The largest absolute Gasteiger partial charge is 0.330 e. The van der Waals surface area contributed by atoms with Gasteiger partial charge in [-0.05, 0) is 0 Å². The Morgan fingerprint density at radius 3 is 2.59 bits per heavy atom. The summed E-state index contributed by atoms with van der Waals surface area (Å²) in [6.07, 6.45) is 3.57. The highest BCUT2D eigenvalue weighted by molar-refractivity contribution is 7.92. The normalized spacial score (nSPS) is 11.3. The predicted octanol–water partition coefficient (Wildman–Crippen LogP) is -1.41. The van der Waals surface area contributed by atoms with E-state index in [2.05, 4.69) is 15.0 Å². The van der Waals surface area contributed by atoms with Crippen molar-refractivity contribution in [3.8, 4) is 0 Å². The van der Waals surface area contributed by atoms with E-state index in [0.29, 0.717) is 0 Å². The standard InChI is InChI=1S/C7H7N5O4S/c13-5-4(3-10-7(14)11-5)17(15,16)12-6-8-1-2-9-6/h1-3H,(H2,8,9,12)(H2,10,11,13,14). The molecule has 2 heterocycles. The van der Waals surface area contributed by atoms with Crippen molar-refractivity contribution >= 4 is 16.0 Å². The van der Waals surface area contributed by atoms with Gasteiger partial charge in [-0.3, -0.25) is 9.78 Å². The molecule has 0 aliphatic rings. The number of H-pyrrole nitrogens is 3. The Bertz CT molecular complexity index is 726. The Labute approximate surface area is 94.0 Å². The minimum atomic E-state index is -4.09. The smallest absolute Gasteiger partial charge is 0.325 e. The zero-order valence-electron chi connectivity index (χ0n) is 8.22. The predicted molar refractivity (Wildman–Crippen MR) is 57.1 cm³/mol. The minimum absolute atomic E-state index is 0.0319. The fourth-order valence-corrected chi connectivity index (χ4v) is 2.09. The van der Waals surface area contributed by atoms with E-state index in [1.165, 1.54) is 12.4 Å². The zero-order chi connectivity index (χ0) is 12.5. The van der Waals surface area contributed by atoms with Crippen molar-refractivity contribution in [2.75, 3.05) is 4.72 Å². The lowest BCUT2D eigenvalue weighted by molar-refractivity contribution is 0.598. The van der Waals surface area contributed by atoms with E-state index < -0.39 is 26.2 Å². The molecule has 0 atom stereocenters. The number of aromatic nitrogens is 4. The third kappa shape index (κ3) is 2.25. The first kappa shape index (κ1) is 11.1. The minimum Gasteiger partial charge on any atom is -0.330 e. The van der Waals surface area contributed by atoms with Gasteiger partial charge in [0.2, 0.25) is 5.95 Å². The molecule has 4 N–H and O–H groups in total. The fraction of sp³-hybridized carbons (Fsp3) is 0. The molecule has 2 aromatic heterocycles. The van der Waals surface area contributed by atoms with Gasteiger partial charge in [-0.1, -0.05) is 0 Å². The van der Waals surface area contributed by atoms with Crippen molar-refractivity contribution in [2.24, 2.45) is 0 Å². The molecular weight excluding hydrogens is 250 g/mol. The van der Waals surface area contributed by atoms with Crippen LogP contribution in [0.25, 0.3) is 0 Å². The molecule has 0 radical (unpaired) electrons. The number of nitrogens with zero attached hydrogens (tertiary/aromatic N) is 1. The molecular formula is C7H7N5O4S. The summed E-state index contributed by atoms with van der Waals surface area (Å²) in [5.41, 5.74) is -1.79. The highest BCUT2D eigenvalue weighted by Gasteiger charge is 2.19. The van der Waals surface area contributed by atoms with Crippen LogP contribution in [0, 0.1) is 0 Å². The van der Waals surface area contributed by atoms with Crippen LogP contribution in [0.5, 0.6) is 0 Å². The Morgan fingerprint density at radius 2 is 2.00 bits per heavy atom. The summed E-state index contributed by atoms with van der Waals surface area (Å²) < 4.78 is 25.5. The molecule has 0 unspecified atom stereocenters. The SMILES string of the molecule is O=c1[nH]cc(S(=O)(=O)Nc2ncc[nH]2)c(=O)[nH]1. The zero-order valence-corrected chi connectivity index (χ0v) is 9.04. The average molecular weight is 257 g/mol. The number of hydrogen-bond acceptors (Lipinski definition) is 5. The maximum atomic E-state index is 11.7. The summed E-state index contributed by atoms with van der Waals surface area (Å²) >= 11 is 0. The van der Waals surface area contributed by atoms with E-state index >= 15 is 0 Å². The summed E-state index contributed by atoms with van der Waals surface area (Å²) in [5.74, 6) is -0.0319. The van der Waals surface area contributed by atoms with Crippen molar-refractivity contribution in [3.63, 3.8) is 0 Å². The van der Waals surface area contributed by atoms with Gasteiger partial charge in [-0.2, -0.15) is 0 Å². The van der Waals surface area contributed by atoms with Gasteiger partial charge in [0, 0.05) is 18.6 Å². The summed E-state index contributed by atoms with van der Waals surface area (Å²) in [6.45, 7) is 0. The van der Waals surface area contributed by atoms with Gasteiger partial charge in [-0.15, -0.1) is 0 Å². The molecule has 0 saturated heterocycles. The van der Waals surface area contributed by atoms with Gasteiger partial charge < -0.3 is 9.97 Å². The number of aromatic amines is 3. The molecule has 0 saturated carbocycles. The Morgan fingerprint density at radius 1 is 1.24 bits per heavy atom. The van der Waals surface area contributed by atoms with Crippen molar-refractivity contribution in [3.05, 3.63) is 39.4 Å². The van der Waals surface area contributed by atoms with Crippen LogP contribution < -0.4 is 16.0 Å². The van der Waals surface area contributed by atoms with Gasteiger partial charge in [0.25, 0.3) is 15.6 Å². The lowest BCUT2D eigenvalue weighted by Gasteiger charge is -2.03. The molecule has 0 bridgehead atoms. The quantitative estimate of drug-likeness (QED) is 0.534.